The highest BCUT2D eigenvalue weighted by Crippen LogP contribution is 2.19. The summed E-state index contributed by atoms with van der Waals surface area (Å²) in [6.45, 7) is 1.79. The van der Waals surface area contributed by atoms with E-state index in [4.69, 9.17) is 9.47 Å². The van der Waals surface area contributed by atoms with Crippen LogP contribution >= 0.6 is 0 Å². The Morgan fingerprint density at radius 1 is 1.32 bits per heavy atom. The Balaban J connectivity index is 2.03. The van der Waals surface area contributed by atoms with Crippen molar-refractivity contribution >= 4 is 11.6 Å². The van der Waals surface area contributed by atoms with E-state index >= 15 is 0 Å². The molecule has 22 heavy (non-hydrogen) atoms. The lowest BCUT2D eigenvalue weighted by Gasteiger charge is -2.17. The number of amides is 1. The fraction of sp³-hybridized carbons (Fsp3) is 0.250. The van der Waals surface area contributed by atoms with E-state index in [0.717, 1.165) is 0 Å². The number of para-hydroxylation sites is 1. The second-order valence-electron chi connectivity index (χ2n) is 4.52. The lowest BCUT2D eigenvalue weighted by molar-refractivity contribution is -0.122. The van der Waals surface area contributed by atoms with Crippen molar-refractivity contribution in [3.63, 3.8) is 0 Å². The van der Waals surface area contributed by atoms with Crippen LogP contribution in [0, 0.1) is 5.82 Å². The van der Waals surface area contributed by atoms with Crippen LogP contribution in [0.25, 0.3) is 0 Å². The Bertz CT molecular complexity index is 632. The normalized spacial score (nSPS) is 11.6. The monoisotopic (exact) mass is 304 g/mol. The molecule has 0 saturated carbocycles. The van der Waals surface area contributed by atoms with E-state index in [0.29, 0.717) is 18.0 Å². The van der Waals surface area contributed by atoms with E-state index in [1.54, 1.807) is 31.2 Å². The summed E-state index contributed by atoms with van der Waals surface area (Å²) < 4.78 is 24.0. The third-order valence-corrected chi connectivity index (χ3v) is 2.98. The number of hydrogen-bond donors (Lipinski definition) is 1. The molecule has 1 aromatic carbocycles. The van der Waals surface area contributed by atoms with Crippen LogP contribution in [0.2, 0.25) is 0 Å². The van der Waals surface area contributed by atoms with Crippen LogP contribution in [0.5, 0.6) is 11.6 Å². The molecule has 1 amide bonds. The summed E-state index contributed by atoms with van der Waals surface area (Å²) in [7, 11) is 1.51. The number of anilines is 1. The molecule has 0 aliphatic rings. The number of carbonyl (C=O) groups is 1. The summed E-state index contributed by atoms with van der Waals surface area (Å²) in [6, 6.07) is 9.28. The maximum absolute atomic E-state index is 13.6. The van der Waals surface area contributed by atoms with Gasteiger partial charge in [0.25, 0.3) is 5.91 Å². The van der Waals surface area contributed by atoms with Crippen molar-refractivity contribution in [2.45, 2.75) is 19.4 Å². The average molecular weight is 304 g/mol. The molecule has 1 unspecified atom stereocenters. The van der Waals surface area contributed by atoms with Gasteiger partial charge >= 0.3 is 0 Å². The smallest absolute Gasteiger partial charge is 0.265 e. The van der Waals surface area contributed by atoms with E-state index in [2.05, 4.69) is 10.3 Å². The maximum Gasteiger partial charge on any atom is 0.265 e. The molecule has 116 valence electrons. The minimum Gasteiger partial charge on any atom is -0.481 e. The van der Waals surface area contributed by atoms with Crippen LogP contribution in [-0.4, -0.2) is 24.1 Å². The van der Waals surface area contributed by atoms with Gasteiger partial charge in [-0.2, -0.15) is 0 Å². The Kier molecular flexibility index (Phi) is 5.30. The molecule has 6 heteroatoms. The largest absolute Gasteiger partial charge is 0.481 e. The van der Waals surface area contributed by atoms with Gasteiger partial charge in [-0.3, -0.25) is 4.79 Å². The highest BCUT2D eigenvalue weighted by molar-refractivity contribution is 5.94. The van der Waals surface area contributed by atoms with Gasteiger partial charge in [0.2, 0.25) is 5.88 Å². The summed E-state index contributed by atoms with van der Waals surface area (Å²) in [5, 5.41) is 2.68. The second kappa shape index (κ2) is 7.40. The minimum absolute atomic E-state index is 0.0531. The van der Waals surface area contributed by atoms with Gasteiger partial charge in [-0.15, -0.1) is 0 Å². The fourth-order valence-corrected chi connectivity index (χ4v) is 1.81. The number of aromatic nitrogens is 1. The van der Waals surface area contributed by atoms with Crippen molar-refractivity contribution < 1.29 is 18.7 Å². The van der Waals surface area contributed by atoms with Crippen molar-refractivity contribution in [3.05, 3.63) is 48.4 Å². The molecule has 1 N–H and O–H groups in total. The standard InChI is InChI=1S/C16H17FN2O3/c1-3-13(22-14-7-5-4-6-12(14)17)16(20)19-11-8-9-15(21-2)18-10-11/h4-10,13H,3H2,1-2H3,(H,19,20). The number of halogens is 1. The molecule has 5 nitrogen and oxygen atoms in total. The lowest BCUT2D eigenvalue weighted by atomic mass is 10.2. The molecule has 1 atom stereocenters. The minimum atomic E-state index is -0.793. The number of nitrogens with zero attached hydrogens (tertiary/aromatic N) is 1. The summed E-state index contributed by atoms with van der Waals surface area (Å²) in [5.74, 6) is -0.359. The Hall–Kier alpha value is -2.63. The lowest BCUT2D eigenvalue weighted by Crippen LogP contribution is -2.32. The molecular weight excluding hydrogens is 287 g/mol. The van der Waals surface area contributed by atoms with Crippen molar-refractivity contribution in [3.8, 4) is 11.6 Å². The molecule has 0 fully saturated rings. The van der Waals surface area contributed by atoms with Crippen LogP contribution < -0.4 is 14.8 Å². The number of carbonyl (C=O) groups excluding carboxylic acids is 1. The van der Waals surface area contributed by atoms with Gasteiger partial charge < -0.3 is 14.8 Å². The topological polar surface area (TPSA) is 60.5 Å². The van der Waals surface area contributed by atoms with Crippen molar-refractivity contribution in [2.24, 2.45) is 0 Å². The van der Waals surface area contributed by atoms with E-state index in [1.165, 1.54) is 25.4 Å². The van der Waals surface area contributed by atoms with Gasteiger partial charge in [-0.1, -0.05) is 19.1 Å². The predicted octanol–water partition coefficient (Wildman–Crippen LogP) is 3.03. The van der Waals surface area contributed by atoms with Crippen molar-refractivity contribution in [1.29, 1.82) is 0 Å². The Morgan fingerprint density at radius 2 is 2.09 bits per heavy atom. The van der Waals surface area contributed by atoms with Crippen molar-refractivity contribution in [2.75, 3.05) is 12.4 Å². The molecule has 0 radical (unpaired) electrons. The molecule has 1 aromatic heterocycles. The number of rotatable bonds is 6. The van der Waals surface area contributed by atoms with Gasteiger partial charge in [0.1, 0.15) is 0 Å². The summed E-state index contributed by atoms with van der Waals surface area (Å²) in [6.07, 6.45) is 1.09. The van der Waals surface area contributed by atoms with Crippen LogP contribution in [0.3, 0.4) is 0 Å². The highest BCUT2D eigenvalue weighted by Gasteiger charge is 2.20. The molecular formula is C16H17FN2O3. The van der Waals surface area contributed by atoms with Gasteiger partial charge in [0.05, 0.1) is 19.0 Å². The summed E-state index contributed by atoms with van der Waals surface area (Å²) in [4.78, 5) is 16.2. The van der Waals surface area contributed by atoms with Crippen LogP contribution in [-0.2, 0) is 4.79 Å². The zero-order valence-electron chi connectivity index (χ0n) is 12.4. The first-order valence-corrected chi connectivity index (χ1v) is 6.86. The zero-order chi connectivity index (χ0) is 15.9. The first kappa shape index (κ1) is 15.8. The van der Waals surface area contributed by atoms with Gasteiger partial charge in [0, 0.05) is 6.07 Å². The molecule has 0 saturated heterocycles. The molecule has 0 aliphatic carbocycles. The maximum atomic E-state index is 13.6. The van der Waals surface area contributed by atoms with Crippen LogP contribution in [0.1, 0.15) is 13.3 Å². The first-order valence-electron chi connectivity index (χ1n) is 6.86. The van der Waals surface area contributed by atoms with Crippen molar-refractivity contribution in [1.82, 2.24) is 4.98 Å². The molecule has 0 bridgehead atoms. The Labute approximate surface area is 128 Å². The molecule has 2 aromatic rings. The molecule has 0 aliphatic heterocycles. The average Bonchev–Trinajstić information content (AvgIpc) is 2.54. The SMILES string of the molecule is CCC(Oc1ccccc1F)C(=O)Nc1ccc(OC)nc1. The second-order valence-corrected chi connectivity index (χ2v) is 4.52. The highest BCUT2D eigenvalue weighted by atomic mass is 19.1. The fourth-order valence-electron chi connectivity index (χ4n) is 1.81. The third-order valence-electron chi connectivity index (χ3n) is 2.98. The number of ether oxygens (including phenoxy) is 2. The zero-order valence-corrected chi connectivity index (χ0v) is 12.4. The molecule has 2 rings (SSSR count). The van der Waals surface area contributed by atoms with E-state index in [1.807, 2.05) is 0 Å². The van der Waals surface area contributed by atoms with E-state index in [-0.39, 0.29) is 11.7 Å². The first-order chi connectivity index (χ1) is 10.6. The van der Waals surface area contributed by atoms with Gasteiger partial charge in [0.15, 0.2) is 17.7 Å². The molecule has 1 heterocycles. The summed E-state index contributed by atoms with van der Waals surface area (Å²) in [5.41, 5.74) is 0.515. The summed E-state index contributed by atoms with van der Waals surface area (Å²) >= 11 is 0. The number of hydrogen-bond acceptors (Lipinski definition) is 4. The number of pyridine rings is 1. The van der Waals surface area contributed by atoms with E-state index < -0.39 is 11.9 Å². The number of nitrogens with one attached hydrogen (secondary N) is 1. The van der Waals surface area contributed by atoms with Gasteiger partial charge in [-0.05, 0) is 24.6 Å². The predicted molar refractivity (Wildman–Crippen MR) is 80.5 cm³/mol. The third kappa shape index (κ3) is 3.94. The quantitative estimate of drug-likeness (QED) is 0.891. The molecule has 0 spiro atoms. The Morgan fingerprint density at radius 3 is 2.68 bits per heavy atom. The van der Waals surface area contributed by atoms with E-state index in [9.17, 15) is 9.18 Å². The van der Waals surface area contributed by atoms with Gasteiger partial charge in [-0.25, -0.2) is 9.37 Å². The van der Waals surface area contributed by atoms with Crippen LogP contribution in [0.15, 0.2) is 42.6 Å². The number of methoxy groups -OCH3 is 1. The number of benzene rings is 1. The van der Waals surface area contributed by atoms with Crippen LogP contribution in [0.4, 0.5) is 10.1 Å².